The van der Waals surface area contributed by atoms with Crippen LogP contribution < -0.4 is 14.8 Å². The number of primary sulfonamides is 1. The van der Waals surface area contributed by atoms with E-state index in [1.54, 1.807) is 35.2 Å². The molecule has 1 aliphatic carbocycles. The predicted molar refractivity (Wildman–Crippen MR) is 84.2 cm³/mol. The number of hydrogen-bond acceptors (Lipinski definition) is 4. The second-order valence-corrected chi connectivity index (χ2v) is 7.24. The number of benzene rings is 2. The molecule has 1 fully saturated rings. The third kappa shape index (κ3) is 2.38. The molecule has 1 aliphatic heterocycles. The lowest BCUT2D eigenvalue weighted by atomic mass is 10.1. The summed E-state index contributed by atoms with van der Waals surface area (Å²) in [6.07, 6.45) is 1.84. The average molecular weight is 330 g/mol. The SMILES string of the molecule is NS(=O)(=O)c1ccc2c(c1)Oc1ccccc1C(=O)N2C1CC1. The lowest BCUT2D eigenvalue weighted by Gasteiger charge is -2.21. The Morgan fingerprint density at radius 1 is 1.09 bits per heavy atom. The fourth-order valence-corrected chi connectivity index (χ4v) is 3.27. The Labute approximate surface area is 133 Å². The van der Waals surface area contributed by atoms with Crippen LogP contribution in [-0.4, -0.2) is 20.4 Å². The van der Waals surface area contributed by atoms with Crippen LogP contribution in [0.3, 0.4) is 0 Å². The van der Waals surface area contributed by atoms with Crippen LogP contribution >= 0.6 is 0 Å². The highest BCUT2D eigenvalue weighted by Crippen LogP contribution is 2.44. The quantitative estimate of drug-likeness (QED) is 0.914. The van der Waals surface area contributed by atoms with Crippen molar-refractivity contribution in [3.63, 3.8) is 0 Å². The van der Waals surface area contributed by atoms with E-state index >= 15 is 0 Å². The van der Waals surface area contributed by atoms with Crippen LogP contribution in [0.1, 0.15) is 23.2 Å². The van der Waals surface area contributed by atoms with Crippen molar-refractivity contribution in [2.45, 2.75) is 23.8 Å². The number of anilines is 1. The Balaban J connectivity index is 1.94. The number of fused-ring (bicyclic) bond motifs is 2. The second-order valence-electron chi connectivity index (χ2n) is 5.68. The fraction of sp³-hybridized carbons (Fsp3) is 0.188. The van der Waals surface area contributed by atoms with Gasteiger partial charge in [0, 0.05) is 12.1 Å². The summed E-state index contributed by atoms with van der Waals surface area (Å²) in [7, 11) is -3.84. The largest absolute Gasteiger partial charge is 0.454 e. The first-order valence-corrected chi connectivity index (χ1v) is 8.77. The molecule has 118 valence electrons. The van der Waals surface area contributed by atoms with E-state index in [2.05, 4.69) is 0 Å². The van der Waals surface area contributed by atoms with E-state index in [1.807, 2.05) is 0 Å². The number of carbonyl (C=O) groups excluding carboxylic acids is 1. The van der Waals surface area contributed by atoms with Gasteiger partial charge in [0.25, 0.3) is 5.91 Å². The number of amides is 1. The summed E-state index contributed by atoms with van der Waals surface area (Å²) in [6, 6.07) is 11.4. The van der Waals surface area contributed by atoms with Crippen molar-refractivity contribution >= 4 is 21.6 Å². The minimum Gasteiger partial charge on any atom is -0.454 e. The van der Waals surface area contributed by atoms with Gasteiger partial charge in [0.15, 0.2) is 5.75 Å². The molecule has 2 aliphatic rings. The molecule has 0 spiro atoms. The summed E-state index contributed by atoms with van der Waals surface area (Å²) in [6.45, 7) is 0. The second kappa shape index (κ2) is 4.81. The highest BCUT2D eigenvalue weighted by molar-refractivity contribution is 7.89. The molecule has 1 amide bonds. The predicted octanol–water partition coefficient (Wildman–Crippen LogP) is 2.25. The van der Waals surface area contributed by atoms with Gasteiger partial charge in [-0.1, -0.05) is 12.1 Å². The molecule has 2 aromatic carbocycles. The van der Waals surface area contributed by atoms with Gasteiger partial charge in [-0.25, -0.2) is 13.6 Å². The molecule has 0 unspecified atom stereocenters. The summed E-state index contributed by atoms with van der Waals surface area (Å²) < 4.78 is 29.0. The van der Waals surface area contributed by atoms with E-state index in [-0.39, 0.29) is 16.8 Å². The average Bonchev–Trinajstić information content (AvgIpc) is 3.32. The maximum Gasteiger partial charge on any atom is 0.262 e. The monoisotopic (exact) mass is 330 g/mol. The molecule has 2 aromatic rings. The van der Waals surface area contributed by atoms with Gasteiger partial charge in [-0.05, 0) is 37.1 Å². The van der Waals surface area contributed by atoms with E-state index in [1.165, 1.54) is 12.1 Å². The molecule has 0 bridgehead atoms. The minimum atomic E-state index is -3.84. The van der Waals surface area contributed by atoms with Gasteiger partial charge in [0.05, 0.1) is 16.1 Å². The van der Waals surface area contributed by atoms with Crippen molar-refractivity contribution in [1.82, 2.24) is 0 Å². The Morgan fingerprint density at radius 2 is 1.83 bits per heavy atom. The van der Waals surface area contributed by atoms with Gasteiger partial charge in [-0.15, -0.1) is 0 Å². The number of sulfonamides is 1. The maximum atomic E-state index is 12.9. The molecule has 0 aromatic heterocycles. The zero-order chi connectivity index (χ0) is 16.2. The van der Waals surface area contributed by atoms with E-state index in [0.29, 0.717) is 22.7 Å². The van der Waals surface area contributed by atoms with Crippen molar-refractivity contribution < 1.29 is 17.9 Å². The number of nitrogens with two attached hydrogens (primary N) is 1. The van der Waals surface area contributed by atoms with Crippen LogP contribution in [0.15, 0.2) is 47.4 Å². The normalized spacial score (nSPS) is 17.1. The number of carbonyl (C=O) groups is 1. The van der Waals surface area contributed by atoms with Gasteiger partial charge in [0.2, 0.25) is 10.0 Å². The fourth-order valence-electron chi connectivity index (χ4n) is 2.74. The van der Waals surface area contributed by atoms with E-state index in [0.717, 1.165) is 12.8 Å². The Morgan fingerprint density at radius 3 is 2.52 bits per heavy atom. The van der Waals surface area contributed by atoms with Gasteiger partial charge >= 0.3 is 0 Å². The van der Waals surface area contributed by atoms with Crippen molar-refractivity contribution in [3.8, 4) is 11.5 Å². The highest BCUT2D eigenvalue weighted by Gasteiger charge is 2.38. The van der Waals surface area contributed by atoms with Crippen LogP contribution in [0.4, 0.5) is 5.69 Å². The van der Waals surface area contributed by atoms with Gasteiger partial charge in [-0.2, -0.15) is 0 Å². The van der Waals surface area contributed by atoms with Crippen molar-refractivity contribution in [2.75, 3.05) is 4.90 Å². The molecule has 4 rings (SSSR count). The van der Waals surface area contributed by atoms with Crippen LogP contribution in [-0.2, 0) is 10.0 Å². The number of hydrogen-bond donors (Lipinski definition) is 1. The number of para-hydroxylation sites is 1. The smallest absolute Gasteiger partial charge is 0.262 e. The molecular weight excluding hydrogens is 316 g/mol. The number of nitrogens with zero attached hydrogens (tertiary/aromatic N) is 1. The lowest BCUT2D eigenvalue weighted by molar-refractivity contribution is 0.0985. The highest BCUT2D eigenvalue weighted by atomic mass is 32.2. The first-order valence-electron chi connectivity index (χ1n) is 7.22. The minimum absolute atomic E-state index is 0.0428. The zero-order valence-electron chi connectivity index (χ0n) is 12.1. The third-order valence-electron chi connectivity index (χ3n) is 3.99. The first kappa shape index (κ1) is 14.2. The molecule has 2 N–H and O–H groups in total. The molecule has 0 saturated heterocycles. The number of ether oxygens (including phenoxy) is 1. The van der Waals surface area contributed by atoms with Crippen molar-refractivity contribution in [1.29, 1.82) is 0 Å². The van der Waals surface area contributed by atoms with Crippen LogP contribution in [0, 0.1) is 0 Å². The van der Waals surface area contributed by atoms with Crippen LogP contribution in [0.5, 0.6) is 11.5 Å². The molecule has 23 heavy (non-hydrogen) atoms. The van der Waals surface area contributed by atoms with Gasteiger partial charge in [-0.3, -0.25) is 4.79 Å². The van der Waals surface area contributed by atoms with Crippen molar-refractivity contribution in [3.05, 3.63) is 48.0 Å². The molecule has 0 radical (unpaired) electrons. The van der Waals surface area contributed by atoms with Gasteiger partial charge < -0.3 is 9.64 Å². The standard InChI is InChI=1S/C16H14N2O4S/c17-23(20,21)11-7-8-13-15(9-11)22-14-4-2-1-3-12(14)16(19)18(13)10-5-6-10/h1-4,7-10H,5-6H2,(H2,17,20,21). The molecule has 1 heterocycles. The lowest BCUT2D eigenvalue weighted by Crippen LogP contribution is -2.32. The molecule has 0 atom stereocenters. The van der Waals surface area contributed by atoms with E-state index in [4.69, 9.17) is 9.88 Å². The first-order chi connectivity index (χ1) is 10.9. The Hall–Kier alpha value is -2.38. The summed E-state index contributed by atoms with van der Waals surface area (Å²) >= 11 is 0. The van der Waals surface area contributed by atoms with Gasteiger partial charge in [0.1, 0.15) is 5.75 Å². The zero-order valence-corrected chi connectivity index (χ0v) is 12.9. The summed E-state index contributed by atoms with van der Waals surface area (Å²) in [5, 5.41) is 5.19. The number of rotatable bonds is 2. The molecule has 7 heteroatoms. The topological polar surface area (TPSA) is 89.7 Å². The van der Waals surface area contributed by atoms with E-state index < -0.39 is 10.0 Å². The summed E-state index contributed by atoms with van der Waals surface area (Å²) in [4.78, 5) is 14.5. The summed E-state index contributed by atoms with van der Waals surface area (Å²) in [5.41, 5.74) is 1.04. The Bertz CT molecular complexity index is 919. The molecule has 1 saturated carbocycles. The van der Waals surface area contributed by atoms with Crippen LogP contribution in [0.25, 0.3) is 0 Å². The van der Waals surface area contributed by atoms with Crippen LogP contribution in [0.2, 0.25) is 0 Å². The van der Waals surface area contributed by atoms with E-state index in [9.17, 15) is 13.2 Å². The third-order valence-corrected chi connectivity index (χ3v) is 4.90. The molecular formula is C16H14N2O4S. The van der Waals surface area contributed by atoms with Crippen molar-refractivity contribution in [2.24, 2.45) is 5.14 Å². The maximum absolute atomic E-state index is 12.9. The summed E-state index contributed by atoms with van der Waals surface area (Å²) in [5.74, 6) is 0.598. The molecule has 6 nitrogen and oxygen atoms in total. The Kier molecular flexibility index (Phi) is 2.97.